The molecule has 2 aromatic rings. The van der Waals surface area contributed by atoms with Gasteiger partial charge in [0, 0.05) is 32.4 Å². The third kappa shape index (κ3) is 3.54. The molecule has 1 aliphatic rings. The summed E-state index contributed by atoms with van der Waals surface area (Å²) in [6.45, 7) is 2.90. The lowest BCUT2D eigenvalue weighted by Gasteiger charge is -2.36. The van der Waals surface area contributed by atoms with Crippen LogP contribution in [0.1, 0.15) is 22.9 Å². The fourth-order valence-electron chi connectivity index (χ4n) is 3.01. The molecule has 0 spiro atoms. The van der Waals surface area contributed by atoms with Gasteiger partial charge in [-0.05, 0) is 23.8 Å². The van der Waals surface area contributed by atoms with Crippen LogP contribution < -0.4 is 5.32 Å². The lowest BCUT2D eigenvalue weighted by molar-refractivity contribution is -0.138. The number of rotatable bonds is 3. The number of piperazine rings is 1. The molecular weight excluding hydrogens is 303 g/mol. The minimum absolute atomic E-state index is 0.264. The van der Waals surface area contributed by atoms with Crippen molar-refractivity contribution < 1.29 is 13.2 Å². The van der Waals surface area contributed by atoms with E-state index in [4.69, 9.17) is 0 Å². The predicted molar refractivity (Wildman–Crippen MR) is 82.0 cm³/mol. The van der Waals surface area contributed by atoms with E-state index in [1.807, 2.05) is 6.07 Å². The van der Waals surface area contributed by atoms with Crippen LogP contribution in [-0.4, -0.2) is 36.1 Å². The van der Waals surface area contributed by atoms with E-state index in [1.54, 1.807) is 30.5 Å². The molecule has 23 heavy (non-hydrogen) atoms. The highest BCUT2D eigenvalue weighted by Crippen LogP contribution is 2.38. The van der Waals surface area contributed by atoms with Crippen LogP contribution in [0, 0.1) is 0 Å². The normalized spacial score (nSPS) is 17.9. The van der Waals surface area contributed by atoms with Gasteiger partial charge in [0.2, 0.25) is 0 Å². The van der Waals surface area contributed by atoms with Crippen LogP contribution in [0.3, 0.4) is 0 Å². The molecular formula is C17H18F3N3. The second kappa shape index (κ2) is 6.68. The topological polar surface area (TPSA) is 28.2 Å². The number of alkyl halides is 3. The largest absolute Gasteiger partial charge is 0.416 e. The molecule has 0 saturated carbocycles. The van der Waals surface area contributed by atoms with Gasteiger partial charge in [-0.1, -0.05) is 24.3 Å². The van der Waals surface area contributed by atoms with Gasteiger partial charge in [-0.3, -0.25) is 9.88 Å². The average Bonchev–Trinajstić information content (AvgIpc) is 2.57. The number of nitrogens with zero attached hydrogens (tertiary/aromatic N) is 2. The number of hydrogen-bond acceptors (Lipinski definition) is 3. The van der Waals surface area contributed by atoms with Gasteiger partial charge < -0.3 is 5.32 Å². The zero-order chi connectivity index (χ0) is 16.3. The molecule has 1 aliphatic heterocycles. The van der Waals surface area contributed by atoms with Gasteiger partial charge >= 0.3 is 6.18 Å². The first-order valence-electron chi connectivity index (χ1n) is 7.59. The number of halogens is 3. The van der Waals surface area contributed by atoms with Gasteiger partial charge in [0.1, 0.15) is 0 Å². The van der Waals surface area contributed by atoms with E-state index in [0.717, 1.165) is 19.2 Å². The van der Waals surface area contributed by atoms with Gasteiger partial charge in [0.25, 0.3) is 0 Å². The van der Waals surface area contributed by atoms with Crippen LogP contribution in [-0.2, 0) is 6.18 Å². The summed E-state index contributed by atoms with van der Waals surface area (Å²) in [4.78, 5) is 6.38. The monoisotopic (exact) mass is 321 g/mol. The smallest absolute Gasteiger partial charge is 0.314 e. The van der Waals surface area contributed by atoms with Crippen LogP contribution in [0.25, 0.3) is 0 Å². The molecule has 6 heteroatoms. The Morgan fingerprint density at radius 1 is 1.00 bits per heavy atom. The van der Waals surface area contributed by atoms with Crippen LogP contribution in [0.2, 0.25) is 0 Å². The Balaban J connectivity index is 2.09. The third-order valence-electron chi connectivity index (χ3n) is 4.05. The van der Waals surface area contributed by atoms with Crippen molar-refractivity contribution in [2.75, 3.05) is 26.2 Å². The molecule has 0 amide bonds. The predicted octanol–water partition coefficient (Wildman–Crippen LogP) is 3.10. The maximum Gasteiger partial charge on any atom is 0.416 e. The second-order valence-electron chi connectivity index (χ2n) is 5.53. The Morgan fingerprint density at radius 2 is 1.70 bits per heavy atom. The van der Waals surface area contributed by atoms with Crippen molar-refractivity contribution in [3.05, 3.63) is 65.5 Å². The number of aromatic nitrogens is 1. The zero-order valence-electron chi connectivity index (χ0n) is 12.6. The van der Waals surface area contributed by atoms with Gasteiger partial charge in [-0.25, -0.2) is 0 Å². The first-order chi connectivity index (χ1) is 11.1. The summed E-state index contributed by atoms with van der Waals surface area (Å²) < 4.78 is 40.3. The number of nitrogens with one attached hydrogen (secondary N) is 1. The summed E-state index contributed by atoms with van der Waals surface area (Å²) in [7, 11) is 0. The first-order valence-corrected chi connectivity index (χ1v) is 7.59. The average molecular weight is 321 g/mol. The third-order valence-corrected chi connectivity index (χ3v) is 4.05. The number of hydrogen-bond donors (Lipinski definition) is 1. The minimum atomic E-state index is -4.38. The molecule has 1 unspecified atom stereocenters. The zero-order valence-corrected chi connectivity index (χ0v) is 12.6. The van der Waals surface area contributed by atoms with Crippen molar-refractivity contribution in [1.82, 2.24) is 15.2 Å². The van der Waals surface area contributed by atoms with Crippen LogP contribution in [0.15, 0.2) is 48.7 Å². The Bertz CT molecular complexity index is 637. The van der Waals surface area contributed by atoms with Crippen molar-refractivity contribution in [2.24, 2.45) is 0 Å². The molecule has 122 valence electrons. The summed E-state index contributed by atoms with van der Waals surface area (Å²) in [5.41, 5.74) is 0.320. The van der Waals surface area contributed by atoms with Crippen molar-refractivity contribution >= 4 is 0 Å². The molecule has 3 nitrogen and oxygen atoms in total. The SMILES string of the molecule is FC(F)(F)c1ccccc1C(c1ccccn1)N1CCNCC1. The summed E-state index contributed by atoms with van der Waals surface area (Å²) in [5, 5.41) is 3.23. The summed E-state index contributed by atoms with van der Waals surface area (Å²) in [6.07, 6.45) is -2.75. The lowest BCUT2D eigenvalue weighted by atomic mass is 9.95. The summed E-state index contributed by atoms with van der Waals surface area (Å²) >= 11 is 0. The Morgan fingerprint density at radius 3 is 2.35 bits per heavy atom. The summed E-state index contributed by atoms with van der Waals surface area (Å²) in [5.74, 6) is 0. The molecule has 1 atom stereocenters. The van der Waals surface area contributed by atoms with E-state index in [1.165, 1.54) is 6.07 Å². The van der Waals surface area contributed by atoms with E-state index in [0.29, 0.717) is 18.8 Å². The standard InChI is InChI=1S/C17H18F3N3/c18-17(19,20)14-6-2-1-5-13(14)16(15-7-3-4-8-22-15)23-11-9-21-10-12-23/h1-8,16,21H,9-12H2. The molecule has 1 aromatic carbocycles. The molecule has 1 N–H and O–H groups in total. The Kier molecular flexibility index (Phi) is 4.63. The van der Waals surface area contributed by atoms with E-state index in [-0.39, 0.29) is 5.56 Å². The van der Waals surface area contributed by atoms with Gasteiger partial charge in [0.05, 0.1) is 17.3 Å². The molecule has 1 fully saturated rings. The fourth-order valence-corrected chi connectivity index (χ4v) is 3.01. The highest BCUT2D eigenvalue weighted by atomic mass is 19.4. The molecule has 0 bridgehead atoms. The van der Waals surface area contributed by atoms with E-state index >= 15 is 0 Å². The molecule has 0 aliphatic carbocycles. The maximum absolute atomic E-state index is 13.4. The Hall–Kier alpha value is -1.92. The molecule has 3 rings (SSSR count). The lowest BCUT2D eigenvalue weighted by Crippen LogP contribution is -2.46. The molecule has 1 saturated heterocycles. The minimum Gasteiger partial charge on any atom is -0.314 e. The van der Waals surface area contributed by atoms with Crippen molar-refractivity contribution in [3.63, 3.8) is 0 Å². The van der Waals surface area contributed by atoms with Crippen molar-refractivity contribution in [3.8, 4) is 0 Å². The van der Waals surface area contributed by atoms with Crippen LogP contribution in [0.5, 0.6) is 0 Å². The van der Waals surface area contributed by atoms with Gasteiger partial charge in [-0.15, -0.1) is 0 Å². The molecule has 2 heterocycles. The summed E-state index contributed by atoms with van der Waals surface area (Å²) in [6, 6.07) is 10.7. The van der Waals surface area contributed by atoms with Crippen molar-refractivity contribution in [1.29, 1.82) is 0 Å². The number of pyridine rings is 1. The molecule has 1 aromatic heterocycles. The van der Waals surface area contributed by atoms with E-state index in [2.05, 4.69) is 15.2 Å². The van der Waals surface area contributed by atoms with E-state index < -0.39 is 17.8 Å². The van der Waals surface area contributed by atoms with Gasteiger partial charge in [0.15, 0.2) is 0 Å². The second-order valence-corrected chi connectivity index (χ2v) is 5.53. The first kappa shape index (κ1) is 16.0. The highest BCUT2D eigenvalue weighted by molar-refractivity contribution is 5.37. The quantitative estimate of drug-likeness (QED) is 0.941. The highest BCUT2D eigenvalue weighted by Gasteiger charge is 2.37. The Labute approximate surface area is 133 Å². The van der Waals surface area contributed by atoms with E-state index in [9.17, 15) is 13.2 Å². The molecule has 0 radical (unpaired) electrons. The van der Waals surface area contributed by atoms with Crippen LogP contribution in [0.4, 0.5) is 13.2 Å². The van der Waals surface area contributed by atoms with Crippen LogP contribution >= 0.6 is 0 Å². The van der Waals surface area contributed by atoms with Gasteiger partial charge in [-0.2, -0.15) is 13.2 Å². The van der Waals surface area contributed by atoms with Crippen molar-refractivity contribution in [2.45, 2.75) is 12.2 Å². The number of benzene rings is 1. The maximum atomic E-state index is 13.4. The fraction of sp³-hybridized carbons (Fsp3) is 0.353.